The molecule has 3 rings (SSSR count). The highest BCUT2D eigenvalue weighted by Crippen LogP contribution is 2.37. The molecule has 8 heteroatoms. The fourth-order valence-electron chi connectivity index (χ4n) is 4.47. The summed E-state index contributed by atoms with van der Waals surface area (Å²) in [4.78, 5) is 37.8. The van der Waals surface area contributed by atoms with Gasteiger partial charge in [0, 0.05) is 11.7 Å². The summed E-state index contributed by atoms with van der Waals surface area (Å²) in [6.07, 6.45) is 5.37. The van der Waals surface area contributed by atoms with Crippen LogP contribution in [0.4, 0.5) is 4.79 Å². The highest BCUT2D eigenvalue weighted by molar-refractivity contribution is 6.10. The molecule has 140 valence electrons. The summed E-state index contributed by atoms with van der Waals surface area (Å²) in [5.74, 6) is -0.107. The second kappa shape index (κ2) is 7.46. The van der Waals surface area contributed by atoms with Gasteiger partial charge in [0.05, 0.1) is 6.54 Å². The Hall–Kier alpha value is -2.40. The van der Waals surface area contributed by atoms with E-state index in [1.807, 2.05) is 0 Å². The molecule has 0 aromatic carbocycles. The number of nitriles is 1. The molecule has 4 N–H and O–H groups in total. The minimum atomic E-state index is -0.619. The van der Waals surface area contributed by atoms with Gasteiger partial charge in [-0.15, -0.1) is 0 Å². The van der Waals surface area contributed by atoms with Crippen molar-refractivity contribution < 1.29 is 14.4 Å². The topological polar surface area (TPSA) is 128 Å². The van der Waals surface area contributed by atoms with Crippen molar-refractivity contribution in [2.24, 2.45) is 17.6 Å². The first-order valence-electron chi connectivity index (χ1n) is 9.17. The van der Waals surface area contributed by atoms with Crippen LogP contribution in [0.1, 0.15) is 39.0 Å². The number of nitrogens with two attached hydrogens (primary N) is 1. The Labute approximate surface area is 152 Å². The van der Waals surface area contributed by atoms with Crippen LogP contribution < -0.4 is 16.4 Å². The Morgan fingerprint density at radius 3 is 2.77 bits per heavy atom. The lowest BCUT2D eigenvalue weighted by Gasteiger charge is -2.29. The number of hydrogen-bond donors (Lipinski definition) is 3. The smallest absolute Gasteiger partial charge is 0.325 e. The van der Waals surface area contributed by atoms with Gasteiger partial charge in [0.1, 0.15) is 17.7 Å². The number of nitrogens with one attached hydrogen (secondary N) is 2. The third-order valence-corrected chi connectivity index (χ3v) is 5.80. The summed E-state index contributed by atoms with van der Waals surface area (Å²) in [7, 11) is 0. The molecule has 3 aliphatic rings. The monoisotopic (exact) mass is 359 g/mol. The van der Waals surface area contributed by atoms with E-state index in [9.17, 15) is 14.4 Å². The molecule has 26 heavy (non-hydrogen) atoms. The highest BCUT2D eigenvalue weighted by atomic mass is 16.2. The van der Waals surface area contributed by atoms with Crippen molar-refractivity contribution in [3.05, 3.63) is 11.3 Å². The number of Topliss-reactive ketones (excluding diaryl/α,β-unsaturated/α-hetero) is 1. The Kier molecular flexibility index (Phi) is 5.28. The summed E-state index contributed by atoms with van der Waals surface area (Å²) in [6, 6.07) is 1.08. The van der Waals surface area contributed by atoms with Gasteiger partial charge >= 0.3 is 6.03 Å². The van der Waals surface area contributed by atoms with Crippen molar-refractivity contribution in [1.82, 2.24) is 15.5 Å². The maximum absolute atomic E-state index is 12.6. The third kappa shape index (κ3) is 3.44. The molecule has 4 atom stereocenters. The van der Waals surface area contributed by atoms with Crippen LogP contribution in [0, 0.1) is 23.2 Å². The number of hydrogen-bond acceptors (Lipinski definition) is 6. The largest absolute Gasteiger partial charge is 0.401 e. The lowest BCUT2D eigenvalue weighted by Crippen LogP contribution is -2.37. The average Bonchev–Trinajstić information content (AvgIpc) is 3.12. The van der Waals surface area contributed by atoms with Crippen molar-refractivity contribution in [3.8, 4) is 6.07 Å². The lowest BCUT2D eigenvalue weighted by molar-refractivity contribution is -0.130. The number of rotatable bonds is 5. The zero-order valence-corrected chi connectivity index (χ0v) is 15.0. The van der Waals surface area contributed by atoms with Crippen molar-refractivity contribution in [2.45, 2.75) is 51.1 Å². The molecule has 8 nitrogen and oxygen atoms in total. The summed E-state index contributed by atoms with van der Waals surface area (Å²) in [5, 5.41) is 15.2. The van der Waals surface area contributed by atoms with Crippen LogP contribution in [0.25, 0.3) is 0 Å². The van der Waals surface area contributed by atoms with E-state index in [1.54, 1.807) is 6.07 Å². The van der Waals surface area contributed by atoms with E-state index in [1.165, 1.54) is 26.2 Å². The van der Waals surface area contributed by atoms with Crippen LogP contribution in [-0.2, 0) is 9.59 Å². The summed E-state index contributed by atoms with van der Waals surface area (Å²) in [5.41, 5.74) is 5.39. The van der Waals surface area contributed by atoms with E-state index in [2.05, 4.69) is 10.6 Å². The van der Waals surface area contributed by atoms with Crippen LogP contribution in [-0.4, -0.2) is 47.8 Å². The molecule has 0 aromatic heterocycles. The van der Waals surface area contributed by atoms with Crippen molar-refractivity contribution in [1.29, 1.82) is 5.26 Å². The van der Waals surface area contributed by atoms with Gasteiger partial charge in [-0.05, 0) is 44.6 Å². The molecule has 3 amide bonds. The number of amides is 3. The molecule has 0 radical (unpaired) electrons. The first kappa shape index (κ1) is 18.4. The van der Waals surface area contributed by atoms with Crippen LogP contribution in [0.15, 0.2) is 11.3 Å². The van der Waals surface area contributed by atoms with Gasteiger partial charge in [0.2, 0.25) is 0 Å². The van der Waals surface area contributed by atoms with Crippen molar-refractivity contribution >= 4 is 17.7 Å². The van der Waals surface area contributed by atoms with Crippen molar-refractivity contribution in [3.63, 3.8) is 0 Å². The Bertz CT molecular complexity index is 691. The molecule has 0 bridgehead atoms. The zero-order chi connectivity index (χ0) is 18.8. The van der Waals surface area contributed by atoms with Gasteiger partial charge in [-0.1, -0.05) is 12.8 Å². The highest BCUT2D eigenvalue weighted by Gasteiger charge is 2.44. The van der Waals surface area contributed by atoms with Crippen LogP contribution in [0.3, 0.4) is 0 Å². The molecule has 0 aromatic rings. The fourth-order valence-corrected chi connectivity index (χ4v) is 4.47. The lowest BCUT2D eigenvalue weighted by atomic mass is 9.77. The maximum atomic E-state index is 12.6. The number of carbonyl (C=O) groups excluding carboxylic acids is 3. The van der Waals surface area contributed by atoms with E-state index >= 15 is 0 Å². The van der Waals surface area contributed by atoms with Gasteiger partial charge in [-0.3, -0.25) is 14.5 Å². The molecular weight excluding hydrogens is 334 g/mol. The SMILES string of the molecule is C/C(N)=C(/C#N)C(=O)CN1C(=O)NC(CC2CNC3CCCCC23)C1=O. The second-order valence-electron chi connectivity index (χ2n) is 7.48. The van der Waals surface area contributed by atoms with Crippen LogP contribution in [0.5, 0.6) is 0 Å². The molecule has 2 aliphatic heterocycles. The average molecular weight is 359 g/mol. The number of nitrogens with zero attached hydrogens (tertiary/aromatic N) is 2. The molecule has 3 fully saturated rings. The predicted molar refractivity (Wildman–Crippen MR) is 93.4 cm³/mol. The van der Waals surface area contributed by atoms with E-state index < -0.39 is 30.3 Å². The number of imide groups is 1. The molecule has 2 heterocycles. The third-order valence-electron chi connectivity index (χ3n) is 5.80. The van der Waals surface area contributed by atoms with Crippen LogP contribution in [0.2, 0.25) is 0 Å². The Morgan fingerprint density at radius 1 is 1.35 bits per heavy atom. The van der Waals surface area contributed by atoms with Crippen LogP contribution >= 0.6 is 0 Å². The minimum absolute atomic E-state index is 0.0847. The fraction of sp³-hybridized carbons (Fsp3) is 0.667. The number of urea groups is 1. The molecule has 1 saturated carbocycles. The Balaban J connectivity index is 1.63. The van der Waals surface area contributed by atoms with Crippen molar-refractivity contribution in [2.75, 3.05) is 13.1 Å². The van der Waals surface area contributed by atoms with E-state index in [0.29, 0.717) is 24.3 Å². The minimum Gasteiger partial charge on any atom is -0.401 e. The Morgan fingerprint density at radius 2 is 2.08 bits per heavy atom. The summed E-state index contributed by atoms with van der Waals surface area (Å²) in [6.45, 7) is 1.86. The number of carbonyl (C=O) groups is 3. The summed E-state index contributed by atoms with van der Waals surface area (Å²) >= 11 is 0. The number of ketones is 1. The quantitative estimate of drug-likeness (QED) is 0.370. The number of allylic oxidation sites excluding steroid dienone is 1. The zero-order valence-electron chi connectivity index (χ0n) is 15.0. The van der Waals surface area contributed by atoms with E-state index in [-0.39, 0.29) is 11.3 Å². The van der Waals surface area contributed by atoms with Gasteiger partial charge in [0.25, 0.3) is 5.91 Å². The van der Waals surface area contributed by atoms with Gasteiger partial charge in [-0.25, -0.2) is 4.79 Å². The number of fused-ring (bicyclic) bond motifs is 1. The maximum Gasteiger partial charge on any atom is 0.325 e. The second-order valence-corrected chi connectivity index (χ2v) is 7.48. The molecule has 4 unspecified atom stereocenters. The normalized spacial score (nSPS) is 31.9. The van der Waals surface area contributed by atoms with Gasteiger partial charge in [0.15, 0.2) is 5.78 Å². The first-order valence-corrected chi connectivity index (χ1v) is 9.17. The van der Waals surface area contributed by atoms with Gasteiger partial charge in [-0.2, -0.15) is 5.26 Å². The molecule has 0 spiro atoms. The van der Waals surface area contributed by atoms with E-state index in [4.69, 9.17) is 11.0 Å². The van der Waals surface area contributed by atoms with Gasteiger partial charge < -0.3 is 16.4 Å². The standard InChI is InChI=1S/C18H25N5O3/c1-10(20)13(7-19)16(24)9-23-17(25)15(22-18(23)26)6-11-8-21-14-5-3-2-4-12(11)14/h11-12,14-15,21H,2-6,8-9,20H2,1H3,(H,22,26)/b13-10+. The van der Waals surface area contributed by atoms with E-state index in [0.717, 1.165) is 17.9 Å². The predicted octanol–water partition coefficient (Wildman–Crippen LogP) is 0.400. The summed E-state index contributed by atoms with van der Waals surface area (Å²) < 4.78 is 0. The molecule has 2 saturated heterocycles. The first-order chi connectivity index (χ1) is 12.4. The molecule has 1 aliphatic carbocycles. The molecular formula is C18H25N5O3.